The van der Waals surface area contributed by atoms with Crippen LogP contribution in [0.1, 0.15) is 37.3 Å². The quantitative estimate of drug-likeness (QED) is 0.873. The van der Waals surface area contributed by atoms with Crippen molar-refractivity contribution in [1.29, 1.82) is 0 Å². The number of nitrogens with zero attached hydrogens (tertiary/aromatic N) is 1. The predicted molar refractivity (Wildman–Crippen MR) is 90.4 cm³/mol. The summed E-state index contributed by atoms with van der Waals surface area (Å²) in [6.07, 6.45) is 5.11. The van der Waals surface area contributed by atoms with Crippen LogP contribution in [0.5, 0.6) is 17.2 Å². The average molecular weight is 320 g/mol. The molecule has 2 fully saturated rings. The maximum atomic E-state index is 9.95. The molecule has 0 spiro atoms. The van der Waals surface area contributed by atoms with Crippen molar-refractivity contribution >= 4 is 0 Å². The maximum Gasteiger partial charge on any atom is 0.131 e. The van der Waals surface area contributed by atoms with Crippen molar-refractivity contribution in [3.63, 3.8) is 0 Å². The third-order valence-corrected chi connectivity index (χ3v) is 5.22. The summed E-state index contributed by atoms with van der Waals surface area (Å²) in [5.41, 5.74) is 1.10. The fourth-order valence-electron chi connectivity index (χ4n) is 4.17. The van der Waals surface area contributed by atoms with Gasteiger partial charge < -0.3 is 19.9 Å². The number of phenolic OH excluding ortho intramolecular Hbond substituents is 1. The Morgan fingerprint density at radius 1 is 1.09 bits per heavy atom. The molecule has 1 heterocycles. The lowest BCUT2D eigenvalue weighted by molar-refractivity contribution is 0.120. The maximum absolute atomic E-state index is 9.95. The molecule has 1 aliphatic carbocycles. The molecule has 0 amide bonds. The largest absolute Gasteiger partial charge is 0.508 e. The van der Waals surface area contributed by atoms with E-state index in [1.165, 1.54) is 25.7 Å². The van der Waals surface area contributed by atoms with E-state index in [1.807, 2.05) is 0 Å². The summed E-state index contributed by atoms with van der Waals surface area (Å²) in [5, 5.41) is 13.4. The van der Waals surface area contributed by atoms with Crippen LogP contribution in [-0.4, -0.2) is 50.4 Å². The van der Waals surface area contributed by atoms with Crippen LogP contribution in [0.2, 0.25) is 0 Å². The van der Waals surface area contributed by atoms with Gasteiger partial charge in [0.1, 0.15) is 17.2 Å². The van der Waals surface area contributed by atoms with Crippen LogP contribution in [0.25, 0.3) is 0 Å². The fraction of sp³-hybridized carbons (Fsp3) is 0.667. The molecule has 0 unspecified atom stereocenters. The van der Waals surface area contributed by atoms with E-state index < -0.39 is 0 Å². The minimum absolute atomic E-state index is 0.188. The lowest BCUT2D eigenvalue weighted by atomic mass is 9.88. The zero-order valence-corrected chi connectivity index (χ0v) is 14.2. The first kappa shape index (κ1) is 16.4. The van der Waals surface area contributed by atoms with Crippen LogP contribution in [0, 0.1) is 5.92 Å². The highest BCUT2D eigenvalue weighted by Gasteiger charge is 2.36. The van der Waals surface area contributed by atoms with Crippen molar-refractivity contribution < 1.29 is 14.6 Å². The molecule has 5 nitrogen and oxygen atoms in total. The highest BCUT2D eigenvalue weighted by Crippen LogP contribution is 2.47. The van der Waals surface area contributed by atoms with Gasteiger partial charge in [-0.1, -0.05) is 12.8 Å². The highest BCUT2D eigenvalue weighted by atomic mass is 16.5. The summed E-state index contributed by atoms with van der Waals surface area (Å²) < 4.78 is 11.2. The van der Waals surface area contributed by atoms with E-state index in [0.29, 0.717) is 12.0 Å². The van der Waals surface area contributed by atoms with Crippen molar-refractivity contribution in [2.45, 2.75) is 31.7 Å². The summed E-state index contributed by atoms with van der Waals surface area (Å²) in [5.74, 6) is 2.28. The molecule has 2 aliphatic rings. The smallest absolute Gasteiger partial charge is 0.131 e. The van der Waals surface area contributed by atoms with E-state index in [2.05, 4.69) is 10.2 Å². The Morgan fingerprint density at radius 2 is 1.65 bits per heavy atom. The number of rotatable bonds is 5. The predicted octanol–water partition coefficient (Wildman–Crippen LogP) is 2.55. The van der Waals surface area contributed by atoms with Crippen LogP contribution in [0.15, 0.2) is 12.1 Å². The summed E-state index contributed by atoms with van der Waals surface area (Å²) in [6.45, 7) is 4.11. The zero-order chi connectivity index (χ0) is 16.2. The van der Waals surface area contributed by atoms with E-state index in [4.69, 9.17) is 9.47 Å². The van der Waals surface area contributed by atoms with Gasteiger partial charge in [0.05, 0.1) is 19.8 Å². The van der Waals surface area contributed by atoms with Gasteiger partial charge in [0.2, 0.25) is 0 Å². The van der Waals surface area contributed by atoms with Crippen molar-refractivity contribution in [1.82, 2.24) is 10.2 Å². The van der Waals surface area contributed by atoms with E-state index >= 15 is 0 Å². The Kier molecular flexibility index (Phi) is 5.28. The minimum atomic E-state index is 0.188. The van der Waals surface area contributed by atoms with E-state index in [1.54, 1.807) is 26.4 Å². The van der Waals surface area contributed by atoms with Crippen molar-refractivity contribution in [2.75, 3.05) is 40.4 Å². The molecule has 0 aromatic heterocycles. The van der Waals surface area contributed by atoms with Crippen LogP contribution in [0.3, 0.4) is 0 Å². The molecule has 2 N–H and O–H groups in total. The van der Waals surface area contributed by atoms with Gasteiger partial charge in [-0.3, -0.25) is 4.90 Å². The molecule has 5 heteroatoms. The third-order valence-electron chi connectivity index (χ3n) is 5.22. The first-order valence-electron chi connectivity index (χ1n) is 8.64. The summed E-state index contributed by atoms with van der Waals surface area (Å²) in [4.78, 5) is 2.56. The van der Waals surface area contributed by atoms with Crippen molar-refractivity contribution in [2.24, 2.45) is 5.92 Å². The molecular formula is C18H28N2O3. The molecule has 1 atom stereocenters. The molecular weight excluding hydrogens is 292 g/mol. The van der Waals surface area contributed by atoms with Gasteiger partial charge in [-0.05, 0) is 18.8 Å². The molecule has 1 aromatic rings. The van der Waals surface area contributed by atoms with Crippen molar-refractivity contribution in [3.05, 3.63) is 17.7 Å². The Bertz CT molecular complexity index is 498. The lowest BCUT2D eigenvalue weighted by Gasteiger charge is -2.39. The number of nitrogens with one attached hydrogen (secondary N) is 1. The van der Waals surface area contributed by atoms with Crippen LogP contribution in [-0.2, 0) is 0 Å². The van der Waals surface area contributed by atoms with Gasteiger partial charge in [-0.2, -0.15) is 0 Å². The second kappa shape index (κ2) is 7.41. The second-order valence-electron chi connectivity index (χ2n) is 6.54. The SMILES string of the molecule is COc1cc(O)cc(OC)c1[C@H](C1CCCC1)N1CCNCC1. The molecule has 1 saturated heterocycles. The Morgan fingerprint density at radius 3 is 2.17 bits per heavy atom. The molecule has 0 radical (unpaired) electrons. The number of aromatic hydroxyl groups is 1. The summed E-state index contributed by atoms with van der Waals surface area (Å²) in [6, 6.07) is 3.72. The number of phenols is 1. The average Bonchev–Trinajstić information content (AvgIpc) is 3.11. The fourth-order valence-corrected chi connectivity index (χ4v) is 4.17. The first-order valence-corrected chi connectivity index (χ1v) is 8.64. The standard InChI is InChI=1S/C18H28N2O3/c1-22-15-11-14(21)12-16(23-2)17(15)18(13-5-3-4-6-13)20-9-7-19-8-10-20/h11-13,18-19,21H,3-10H2,1-2H3/t18-/m0/s1. The van der Waals surface area contributed by atoms with E-state index in [-0.39, 0.29) is 5.75 Å². The van der Waals surface area contributed by atoms with Crippen LogP contribution < -0.4 is 14.8 Å². The number of piperazine rings is 1. The number of methoxy groups -OCH3 is 2. The van der Waals surface area contributed by atoms with Gasteiger partial charge in [0.25, 0.3) is 0 Å². The Labute approximate surface area is 138 Å². The third kappa shape index (κ3) is 3.40. The Hall–Kier alpha value is -1.46. The molecule has 1 aliphatic heterocycles. The number of hydrogen-bond donors (Lipinski definition) is 2. The van der Waals surface area contributed by atoms with Crippen LogP contribution >= 0.6 is 0 Å². The summed E-state index contributed by atoms with van der Waals surface area (Å²) in [7, 11) is 3.34. The Balaban J connectivity index is 2.04. The molecule has 128 valence electrons. The number of benzene rings is 1. The summed E-state index contributed by atoms with van der Waals surface area (Å²) >= 11 is 0. The molecule has 23 heavy (non-hydrogen) atoms. The van der Waals surface area contributed by atoms with Crippen LogP contribution in [0.4, 0.5) is 0 Å². The number of ether oxygens (including phenoxy) is 2. The van der Waals surface area contributed by atoms with Crippen molar-refractivity contribution in [3.8, 4) is 17.2 Å². The lowest BCUT2D eigenvalue weighted by Crippen LogP contribution is -2.46. The topological polar surface area (TPSA) is 54.0 Å². The highest BCUT2D eigenvalue weighted by molar-refractivity contribution is 5.52. The van der Waals surface area contributed by atoms with Gasteiger partial charge in [0.15, 0.2) is 0 Å². The van der Waals surface area contributed by atoms with E-state index in [9.17, 15) is 5.11 Å². The minimum Gasteiger partial charge on any atom is -0.508 e. The van der Waals surface area contributed by atoms with Gasteiger partial charge >= 0.3 is 0 Å². The monoisotopic (exact) mass is 320 g/mol. The van der Waals surface area contributed by atoms with Gasteiger partial charge in [0, 0.05) is 44.4 Å². The van der Waals surface area contributed by atoms with E-state index in [0.717, 1.165) is 43.2 Å². The van der Waals surface area contributed by atoms with Gasteiger partial charge in [-0.25, -0.2) is 0 Å². The van der Waals surface area contributed by atoms with Gasteiger partial charge in [-0.15, -0.1) is 0 Å². The molecule has 0 bridgehead atoms. The first-order chi connectivity index (χ1) is 11.2. The number of hydrogen-bond acceptors (Lipinski definition) is 5. The molecule has 1 saturated carbocycles. The normalized spacial score (nSPS) is 21.3. The zero-order valence-electron chi connectivity index (χ0n) is 14.2. The second-order valence-corrected chi connectivity index (χ2v) is 6.54. The molecule has 1 aromatic carbocycles. The molecule has 3 rings (SSSR count).